The van der Waals surface area contributed by atoms with E-state index in [0.717, 1.165) is 17.0 Å². The van der Waals surface area contributed by atoms with Crippen LogP contribution in [-0.4, -0.2) is 0 Å². The van der Waals surface area contributed by atoms with Gasteiger partial charge in [0.25, 0.3) is 0 Å². The highest BCUT2D eigenvalue weighted by molar-refractivity contribution is 7.14. The Morgan fingerprint density at radius 3 is 2.75 bits per heavy atom. The minimum absolute atomic E-state index is 0.801. The molecule has 2 N–H and O–H groups in total. The Morgan fingerprint density at radius 2 is 2.50 bits per heavy atom. The van der Waals surface area contributed by atoms with Crippen molar-refractivity contribution in [3.63, 3.8) is 0 Å². The lowest BCUT2D eigenvalue weighted by Gasteiger charge is -1.88. The number of hydrogen-bond donors (Lipinski definition) is 1. The first-order valence-electron chi connectivity index (χ1n) is 2.45. The summed E-state index contributed by atoms with van der Waals surface area (Å²) < 4.78 is 0. The molecule has 1 radical (unpaired) electrons. The average Bonchev–Trinajstić information content (AvgIpc) is 2.14. The second kappa shape index (κ2) is 2.18. The summed E-state index contributed by atoms with van der Waals surface area (Å²) in [5.41, 5.74) is 6.69. The van der Waals surface area contributed by atoms with Gasteiger partial charge in [0.1, 0.15) is 0 Å². The fourth-order valence-electron chi connectivity index (χ4n) is 0.554. The van der Waals surface area contributed by atoms with Gasteiger partial charge in [-0.3, -0.25) is 0 Å². The molecule has 0 amide bonds. The summed E-state index contributed by atoms with van der Waals surface area (Å²) in [5, 5.41) is 2.88. The number of anilines is 1. The van der Waals surface area contributed by atoms with Crippen LogP contribution >= 0.6 is 11.3 Å². The molecule has 8 heavy (non-hydrogen) atoms. The van der Waals surface area contributed by atoms with E-state index in [-0.39, 0.29) is 0 Å². The van der Waals surface area contributed by atoms with Crippen LogP contribution in [0.25, 0.3) is 0 Å². The van der Waals surface area contributed by atoms with Gasteiger partial charge in [0.05, 0.1) is 5.00 Å². The monoisotopic (exact) mass is 126 g/mol. The van der Waals surface area contributed by atoms with Crippen molar-refractivity contribution in [2.45, 2.75) is 6.42 Å². The summed E-state index contributed by atoms with van der Waals surface area (Å²) in [6.45, 7) is 3.72. The summed E-state index contributed by atoms with van der Waals surface area (Å²) in [6, 6.07) is 2.01. The van der Waals surface area contributed by atoms with Crippen LogP contribution < -0.4 is 5.73 Å². The predicted octanol–water partition coefficient (Wildman–Crippen LogP) is 1.71. The number of nitrogens with two attached hydrogens (primary N) is 1. The van der Waals surface area contributed by atoms with Crippen molar-refractivity contribution in [2.24, 2.45) is 0 Å². The highest BCUT2D eigenvalue weighted by atomic mass is 32.1. The summed E-state index contributed by atoms with van der Waals surface area (Å²) in [4.78, 5) is 0. The van der Waals surface area contributed by atoms with Gasteiger partial charge in [-0.1, -0.05) is 0 Å². The van der Waals surface area contributed by atoms with Crippen molar-refractivity contribution in [2.75, 3.05) is 5.73 Å². The fourth-order valence-corrected chi connectivity index (χ4v) is 1.25. The molecule has 1 rings (SSSR count). The Labute approximate surface area is 53.1 Å². The van der Waals surface area contributed by atoms with Crippen LogP contribution in [0, 0.1) is 6.92 Å². The van der Waals surface area contributed by atoms with Crippen LogP contribution in [0.3, 0.4) is 0 Å². The number of nitrogen functional groups attached to an aromatic ring is 1. The van der Waals surface area contributed by atoms with Crippen LogP contribution in [0.2, 0.25) is 0 Å². The lowest BCUT2D eigenvalue weighted by Crippen LogP contribution is -1.83. The fraction of sp³-hybridized carbons (Fsp3) is 0.167. The minimum Gasteiger partial charge on any atom is -0.390 e. The molecule has 1 heterocycles. The molecule has 0 spiro atoms. The van der Waals surface area contributed by atoms with Gasteiger partial charge in [-0.2, -0.15) is 0 Å². The van der Waals surface area contributed by atoms with E-state index in [1.54, 1.807) is 11.3 Å². The Hall–Kier alpha value is -0.500. The van der Waals surface area contributed by atoms with Gasteiger partial charge in [0.15, 0.2) is 0 Å². The second-order valence-corrected chi connectivity index (χ2v) is 2.51. The molecule has 0 aliphatic carbocycles. The molecular weight excluding hydrogens is 118 g/mol. The van der Waals surface area contributed by atoms with Crippen LogP contribution in [0.15, 0.2) is 11.4 Å². The highest BCUT2D eigenvalue weighted by Crippen LogP contribution is 2.18. The van der Waals surface area contributed by atoms with Gasteiger partial charge in [0, 0.05) is 0 Å². The quantitative estimate of drug-likeness (QED) is 0.609. The molecule has 0 atom stereocenters. The highest BCUT2D eigenvalue weighted by Gasteiger charge is 1.93. The molecule has 0 aromatic carbocycles. The predicted molar refractivity (Wildman–Crippen MR) is 37.8 cm³/mol. The van der Waals surface area contributed by atoms with Gasteiger partial charge in [-0.25, -0.2) is 0 Å². The van der Waals surface area contributed by atoms with Crippen LogP contribution in [-0.2, 0) is 6.42 Å². The van der Waals surface area contributed by atoms with Gasteiger partial charge < -0.3 is 5.73 Å². The zero-order valence-corrected chi connectivity index (χ0v) is 5.37. The third kappa shape index (κ3) is 0.842. The van der Waals surface area contributed by atoms with E-state index in [9.17, 15) is 0 Å². The van der Waals surface area contributed by atoms with E-state index in [1.165, 1.54) is 0 Å². The van der Waals surface area contributed by atoms with Crippen LogP contribution in [0.1, 0.15) is 5.56 Å². The molecule has 0 saturated heterocycles. The van der Waals surface area contributed by atoms with E-state index < -0.39 is 0 Å². The molecule has 0 bridgehead atoms. The summed E-state index contributed by atoms with van der Waals surface area (Å²) >= 11 is 1.57. The summed E-state index contributed by atoms with van der Waals surface area (Å²) in [5.74, 6) is 0. The van der Waals surface area contributed by atoms with Crippen molar-refractivity contribution in [1.29, 1.82) is 0 Å². The average molecular weight is 126 g/mol. The van der Waals surface area contributed by atoms with Crippen LogP contribution in [0.4, 0.5) is 5.00 Å². The van der Waals surface area contributed by atoms with Crippen molar-refractivity contribution in [3.05, 3.63) is 23.9 Å². The molecule has 1 nitrogen and oxygen atoms in total. The largest absolute Gasteiger partial charge is 0.390 e. The van der Waals surface area contributed by atoms with E-state index in [0.29, 0.717) is 0 Å². The standard InChI is InChI=1S/C6H8NS/c1-2-5-3-4-8-6(5)7/h3-4H,1-2,7H2. The van der Waals surface area contributed by atoms with Crippen molar-refractivity contribution in [3.8, 4) is 0 Å². The Morgan fingerprint density at radius 1 is 1.75 bits per heavy atom. The first-order valence-corrected chi connectivity index (χ1v) is 3.33. The Balaban J connectivity index is 2.92. The van der Waals surface area contributed by atoms with E-state index in [1.807, 2.05) is 11.4 Å². The SMILES string of the molecule is [CH2]Cc1ccsc1N. The lowest BCUT2D eigenvalue weighted by molar-refractivity contribution is 1.30. The van der Waals surface area contributed by atoms with Gasteiger partial charge in [-0.15, -0.1) is 11.3 Å². The topological polar surface area (TPSA) is 26.0 Å². The second-order valence-electron chi connectivity index (χ2n) is 1.56. The molecule has 0 unspecified atom stereocenters. The normalized spacial score (nSPS) is 9.62. The molecule has 0 aliphatic heterocycles. The molecule has 0 fully saturated rings. The Bertz CT molecular complexity index is 169. The molecule has 1 aromatic rings. The smallest absolute Gasteiger partial charge is 0.0888 e. The van der Waals surface area contributed by atoms with Gasteiger partial charge >= 0.3 is 0 Å². The third-order valence-corrected chi connectivity index (χ3v) is 1.84. The number of thiophene rings is 1. The number of hydrogen-bond acceptors (Lipinski definition) is 2. The molecule has 0 aliphatic rings. The molecule has 0 saturated carbocycles. The molecule has 1 aromatic heterocycles. The Kier molecular flexibility index (Phi) is 1.53. The summed E-state index contributed by atoms with van der Waals surface area (Å²) in [7, 11) is 0. The van der Waals surface area contributed by atoms with Gasteiger partial charge in [0.2, 0.25) is 0 Å². The third-order valence-electron chi connectivity index (χ3n) is 1.05. The summed E-state index contributed by atoms with van der Waals surface area (Å²) in [6.07, 6.45) is 0.801. The number of rotatable bonds is 1. The van der Waals surface area contributed by atoms with Gasteiger partial charge in [-0.05, 0) is 30.4 Å². The van der Waals surface area contributed by atoms with E-state index in [2.05, 4.69) is 6.92 Å². The lowest BCUT2D eigenvalue weighted by atomic mass is 10.2. The molecule has 2 heteroatoms. The maximum Gasteiger partial charge on any atom is 0.0888 e. The van der Waals surface area contributed by atoms with Crippen molar-refractivity contribution >= 4 is 16.3 Å². The molecular formula is C6H8NS. The molecule has 43 valence electrons. The maximum absolute atomic E-state index is 5.53. The zero-order chi connectivity index (χ0) is 5.98. The first kappa shape index (κ1) is 5.63. The van der Waals surface area contributed by atoms with Crippen LogP contribution in [0.5, 0.6) is 0 Å². The minimum atomic E-state index is 0.801. The zero-order valence-electron chi connectivity index (χ0n) is 4.55. The van der Waals surface area contributed by atoms with E-state index in [4.69, 9.17) is 5.73 Å². The first-order chi connectivity index (χ1) is 3.84. The van der Waals surface area contributed by atoms with Crippen molar-refractivity contribution < 1.29 is 0 Å². The van der Waals surface area contributed by atoms with E-state index >= 15 is 0 Å². The van der Waals surface area contributed by atoms with Crippen molar-refractivity contribution in [1.82, 2.24) is 0 Å². The maximum atomic E-state index is 5.53.